The van der Waals surface area contributed by atoms with Gasteiger partial charge in [-0.3, -0.25) is 9.47 Å². The number of hydrogen-bond donors (Lipinski definition) is 0. The summed E-state index contributed by atoms with van der Waals surface area (Å²) in [7, 11) is 0. The molecule has 0 atom stereocenters. The lowest BCUT2D eigenvalue weighted by molar-refractivity contribution is -0.0497. The number of nitrogens with zero attached hydrogens (tertiary/aromatic N) is 2. The average Bonchev–Trinajstić information content (AvgIpc) is 3.05. The maximum Gasteiger partial charge on any atom is 0.420 e. The number of alkyl halides is 3. The fourth-order valence-electron chi connectivity index (χ4n) is 4.81. The Balaban J connectivity index is 1.46. The zero-order valence-electron chi connectivity index (χ0n) is 17.0. The van der Waals surface area contributed by atoms with Crippen LogP contribution in [-0.2, 0) is 4.74 Å². The van der Waals surface area contributed by atoms with Gasteiger partial charge in [0.05, 0.1) is 16.6 Å². The van der Waals surface area contributed by atoms with Crippen LogP contribution in [0.4, 0.5) is 8.78 Å². The summed E-state index contributed by atoms with van der Waals surface area (Å²) in [5, 5.41) is 0. The fourth-order valence-corrected chi connectivity index (χ4v) is 5.20. The molecule has 2 fully saturated rings. The number of likely N-dealkylation sites (tertiary alicyclic amines) is 1. The van der Waals surface area contributed by atoms with Crippen LogP contribution >= 0.6 is 11.6 Å². The number of piperidine rings is 1. The molecule has 1 saturated carbocycles. The van der Waals surface area contributed by atoms with Gasteiger partial charge in [-0.25, -0.2) is 4.79 Å². The third kappa shape index (κ3) is 4.36. The number of fused-ring (bicyclic) bond motifs is 1. The molecule has 0 radical (unpaired) electrons. The van der Waals surface area contributed by atoms with Crippen molar-refractivity contribution in [1.29, 1.82) is 0 Å². The molecule has 1 aromatic heterocycles. The van der Waals surface area contributed by atoms with Gasteiger partial charge in [0, 0.05) is 31.8 Å². The molecular formula is C21H27ClF2N2O4. The first-order valence-corrected chi connectivity index (χ1v) is 10.9. The van der Waals surface area contributed by atoms with Crippen molar-refractivity contribution in [3.63, 3.8) is 0 Å². The number of halogens is 3. The first-order valence-electron chi connectivity index (χ1n) is 10.5. The second kappa shape index (κ2) is 8.85. The van der Waals surface area contributed by atoms with Crippen LogP contribution in [0.1, 0.15) is 51.5 Å². The van der Waals surface area contributed by atoms with Gasteiger partial charge < -0.3 is 13.9 Å². The standard InChI is InChI=1S/C21H27ClF2N2O4/c1-2-28-15-5-9-21(22,10-6-15)25-11-7-14(8-12-25)26-17-13-16(29-19(23)24)3-4-18(17)30-20(26)27/h3-4,13-15,19H,2,5-12H2,1H3. The average molecular weight is 445 g/mol. The van der Waals surface area contributed by atoms with E-state index in [2.05, 4.69) is 9.64 Å². The monoisotopic (exact) mass is 444 g/mol. The van der Waals surface area contributed by atoms with Crippen LogP contribution in [0.25, 0.3) is 11.1 Å². The Hall–Kier alpha value is -1.64. The molecule has 0 unspecified atom stereocenters. The van der Waals surface area contributed by atoms with Crippen LogP contribution in [0.2, 0.25) is 0 Å². The Morgan fingerprint density at radius 2 is 1.93 bits per heavy atom. The van der Waals surface area contributed by atoms with Gasteiger partial charge in [-0.15, -0.1) is 11.6 Å². The lowest BCUT2D eigenvalue weighted by Crippen LogP contribution is -2.51. The molecule has 0 amide bonds. The summed E-state index contributed by atoms with van der Waals surface area (Å²) < 4.78 is 42.2. The molecule has 2 heterocycles. The van der Waals surface area contributed by atoms with Gasteiger partial charge >= 0.3 is 12.4 Å². The molecule has 30 heavy (non-hydrogen) atoms. The molecule has 1 aliphatic carbocycles. The summed E-state index contributed by atoms with van der Waals surface area (Å²) >= 11 is 6.98. The number of aromatic nitrogens is 1. The van der Waals surface area contributed by atoms with Crippen LogP contribution in [0, 0.1) is 0 Å². The smallest absolute Gasteiger partial charge is 0.420 e. The third-order valence-electron chi connectivity index (χ3n) is 6.31. The lowest BCUT2D eigenvalue weighted by atomic mass is 9.89. The SMILES string of the molecule is CCOC1CCC(Cl)(N2CCC(n3c(=O)oc4ccc(OC(F)F)cc43)CC2)CC1. The van der Waals surface area contributed by atoms with Gasteiger partial charge in [0.2, 0.25) is 0 Å². The summed E-state index contributed by atoms with van der Waals surface area (Å²) in [5.74, 6) is -0.467. The zero-order chi connectivity index (χ0) is 21.3. The first kappa shape index (κ1) is 21.6. The molecule has 0 N–H and O–H groups in total. The van der Waals surface area contributed by atoms with Crippen LogP contribution in [0.3, 0.4) is 0 Å². The van der Waals surface area contributed by atoms with Gasteiger partial charge in [-0.2, -0.15) is 8.78 Å². The maximum absolute atomic E-state index is 12.6. The Bertz CT molecular complexity index is 915. The van der Waals surface area contributed by atoms with Gasteiger partial charge in [0.15, 0.2) is 5.58 Å². The van der Waals surface area contributed by atoms with Crippen molar-refractivity contribution in [2.75, 3.05) is 19.7 Å². The van der Waals surface area contributed by atoms with E-state index in [9.17, 15) is 13.6 Å². The predicted molar refractivity (Wildman–Crippen MR) is 109 cm³/mol. The van der Waals surface area contributed by atoms with Gasteiger partial charge in [-0.1, -0.05) is 0 Å². The molecule has 2 aromatic rings. The largest absolute Gasteiger partial charge is 0.435 e. The van der Waals surface area contributed by atoms with E-state index in [1.54, 1.807) is 4.57 Å². The maximum atomic E-state index is 12.6. The van der Waals surface area contributed by atoms with Crippen LogP contribution in [-0.4, -0.2) is 46.9 Å². The lowest BCUT2D eigenvalue weighted by Gasteiger charge is -2.46. The summed E-state index contributed by atoms with van der Waals surface area (Å²) in [6, 6.07) is 4.23. The molecule has 9 heteroatoms. The minimum atomic E-state index is -2.92. The molecule has 4 rings (SSSR count). The summed E-state index contributed by atoms with van der Waals surface area (Å²) in [6.45, 7) is 1.34. The molecule has 0 bridgehead atoms. The Morgan fingerprint density at radius 3 is 2.57 bits per heavy atom. The van der Waals surface area contributed by atoms with E-state index < -0.39 is 12.4 Å². The van der Waals surface area contributed by atoms with Crippen molar-refractivity contribution in [2.24, 2.45) is 0 Å². The van der Waals surface area contributed by atoms with Crippen LogP contribution in [0.15, 0.2) is 27.4 Å². The van der Waals surface area contributed by atoms with E-state index in [0.717, 1.165) is 58.2 Å². The number of benzene rings is 1. The van der Waals surface area contributed by atoms with Crippen molar-refractivity contribution >= 4 is 22.7 Å². The predicted octanol–water partition coefficient (Wildman–Crippen LogP) is 4.75. The summed E-state index contributed by atoms with van der Waals surface area (Å²) in [6.07, 6.45) is 5.43. The molecule has 1 aliphatic heterocycles. The van der Waals surface area contributed by atoms with E-state index in [-0.39, 0.29) is 16.8 Å². The van der Waals surface area contributed by atoms with E-state index in [1.165, 1.54) is 18.2 Å². The summed E-state index contributed by atoms with van der Waals surface area (Å²) in [4.78, 5) is 14.4. The summed E-state index contributed by atoms with van der Waals surface area (Å²) in [5.41, 5.74) is 0.849. The van der Waals surface area contributed by atoms with Crippen molar-refractivity contribution in [3.05, 3.63) is 28.7 Å². The molecule has 2 aliphatic rings. The van der Waals surface area contributed by atoms with E-state index in [4.69, 9.17) is 20.8 Å². The highest BCUT2D eigenvalue weighted by atomic mass is 35.5. The van der Waals surface area contributed by atoms with E-state index >= 15 is 0 Å². The minimum absolute atomic E-state index is 0.00950. The Labute approximate surface area is 178 Å². The molecule has 6 nitrogen and oxygen atoms in total. The molecular weight excluding hydrogens is 418 g/mol. The highest BCUT2D eigenvalue weighted by Crippen LogP contribution is 2.41. The quantitative estimate of drug-likeness (QED) is 0.475. The van der Waals surface area contributed by atoms with Crippen molar-refractivity contribution in [3.8, 4) is 5.75 Å². The normalized spacial score (nSPS) is 26.5. The number of rotatable bonds is 6. The topological polar surface area (TPSA) is 56.8 Å². The minimum Gasteiger partial charge on any atom is -0.435 e. The fraction of sp³-hybridized carbons (Fsp3) is 0.667. The number of ether oxygens (including phenoxy) is 2. The highest BCUT2D eigenvalue weighted by Gasteiger charge is 2.40. The molecule has 1 aromatic carbocycles. The van der Waals surface area contributed by atoms with Crippen LogP contribution < -0.4 is 10.5 Å². The second-order valence-electron chi connectivity index (χ2n) is 8.04. The molecule has 1 saturated heterocycles. The highest BCUT2D eigenvalue weighted by molar-refractivity contribution is 6.23. The van der Waals surface area contributed by atoms with Crippen molar-refractivity contribution in [1.82, 2.24) is 9.47 Å². The molecule has 0 spiro atoms. The van der Waals surface area contributed by atoms with Gasteiger partial charge in [0.25, 0.3) is 0 Å². The molecule has 166 valence electrons. The zero-order valence-corrected chi connectivity index (χ0v) is 17.7. The first-order chi connectivity index (χ1) is 14.4. The third-order valence-corrected chi connectivity index (χ3v) is 6.92. The van der Waals surface area contributed by atoms with E-state index in [0.29, 0.717) is 17.2 Å². The number of hydrogen-bond acceptors (Lipinski definition) is 5. The Morgan fingerprint density at radius 1 is 1.23 bits per heavy atom. The van der Waals surface area contributed by atoms with Crippen molar-refractivity contribution in [2.45, 2.75) is 69.2 Å². The second-order valence-corrected chi connectivity index (χ2v) is 8.74. The van der Waals surface area contributed by atoms with Crippen LogP contribution in [0.5, 0.6) is 5.75 Å². The Kier molecular flexibility index (Phi) is 6.36. The number of oxazole rings is 1. The van der Waals surface area contributed by atoms with Gasteiger partial charge in [0.1, 0.15) is 5.75 Å². The van der Waals surface area contributed by atoms with Crippen molar-refractivity contribution < 1.29 is 22.7 Å². The van der Waals surface area contributed by atoms with E-state index in [1.807, 2.05) is 6.92 Å². The van der Waals surface area contributed by atoms with Gasteiger partial charge in [-0.05, 0) is 57.6 Å².